The molecule has 0 bridgehead atoms. The van der Waals surface area contributed by atoms with Crippen molar-refractivity contribution in [3.63, 3.8) is 0 Å². The molecule has 0 aromatic carbocycles. The average molecular weight is 208 g/mol. The molecule has 2 rings (SSSR count). The van der Waals surface area contributed by atoms with Gasteiger partial charge in [0.1, 0.15) is 0 Å². The van der Waals surface area contributed by atoms with Crippen LogP contribution in [0.15, 0.2) is 10.9 Å². The summed E-state index contributed by atoms with van der Waals surface area (Å²) >= 11 is 1.61. The van der Waals surface area contributed by atoms with E-state index in [0.717, 1.165) is 29.3 Å². The SMILES string of the molecule is Cc1n[nH]c(C)c1NCc1cscn1. The summed E-state index contributed by atoms with van der Waals surface area (Å²) in [4.78, 5) is 4.20. The summed E-state index contributed by atoms with van der Waals surface area (Å²) in [6, 6.07) is 0. The van der Waals surface area contributed by atoms with Gasteiger partial charge in [-0.15, -0.1) is 11.3 Å². The third-order valence-corrected chi connectivity index (χ3v) is 2.69. The van der Waals surface area contributed by atoms with Gasteiger partial charge in [0.05, 0.1) is 34.8 Å². The number of H-pyrrole nitrogens is 1. The van der Waals surface area contributed by atoms with Crippen molar-refractivity contribution in [2.24, 2.45) is 0 Å². The molecule has 5 heteroatoms. The van der Waals surface area contributed by atoms with Crippen LogP contribution in [0.2, 0.25) is 0 Å². The van der Waals surface area contributed by atoms with Gasteiger partial charge in [0.25, 0.3) is 0 Å². The molecule has 2 aromatic rings. The van der Waals surface area contributed by atoms with E-state index in [9.17, 15) is 0 Å². The minimum absolute atomic E-state index is 0.755. The molecule has 0 radical (unpaired) electrons. The highest BCUT2D eigenvalue weighted by molar-refractivity contribution is 7.07. The Hall–Kier alpha value is -1.36. The van der Waals surface area contributed by atoms with E-state index < -0.39 is 0 Å². The van der Waals surface area contributed by atoms with Crippen molar-refractivity contribution in [1.82, 2.24) is 15.2 Å². The number of hydrogen-bond acceptors (Lipinski definition) is 4. The number of aromatic nitrogens is 3. The minimum Gasteiger partial charge on any atom is -0.376 e. The summed E-state index contributed by atoms with van der Waals surface area (Å²) in [6.07, 6.45) is 0. The van der Waals surface area contributed by atoms with Gasteiger partial charge in [-0.1, -0.05) is 0 Å². The molecule has 0 saturated heterocycles. The zero-order chi connectivity index (χ0) is 9.97. The molecule has 0 fully saturated rings. The first-order valence-electron chi connectivity index (χ1n) is 4.40. The van der Waals surface area contributed by atoms with Crippen LogP contribution in [0.1, 0.15) is 17.1 Å². The van der Waals surface area contributed by atoms with Gasteiger partial charge in [-0.2, -0.15) is 5.10 Å². The molecule has 0 aliphatic heterocycles. The van der Waals surface area contributed by atoms with Gasteiger partial charge < -0.3 is 5.32 Å². The Morgan fingerprint density at radius 3 is 2.93 bits per heavy atom. The highest BCUT2D eigenvalue weighted by Crippen LogP contribution is 2.16. The largest absolute Gasteiger partial charge is 0.376 e. The summed E-state index contributed by atoms with van der Waals surface area (Å²) in [5, 5.41) is 12.4. The standard InChI is InChI=1S/C9H12N4S/c1-6-9(7(2)13-12-6)10-3-8-4-14-5-11-8/h4-5,10H,3H2,1-2H3,(H,12,13). The number of nitrogens with zero attached hydrogens (tertiary/aromatic N) is 2. The Kier molecular flexibility index (Phi) is 2.49. The predicted molar refractivity (Wildman–Crippen MR) is 57.5 cm³/mol. The van der Waals surface area contributed by atoms with Crippen molar-refractivity contribution in [3.8, 4) is 0 Å². The summed E-state index contributed by atoms with van der Waals surface area (Å²) in [7, 11) is 0. The molecule has 0 amide bonds. The van der Waals surface area contributed by atoms with Crippen LogP contribution in [-0.4, -0.2) is 15.2 Å². The lowest BCUT2D eigenvalue weighted by atomic mass is 10.3. The van der Waals surface area contributed by atoms with Crippen molar-refractivity contribution in [2.45, 2.75) is 20.4 Å². The normalized spacial score (nSPS) is 10.4. The van der Waals surface area contributed by atoms with E-state index in [4.69, 9.17) is 0 Å². The summed E-state index contributed by atoms with van der Waals surface area (Å²) in [5.41, 5.74) is 6.05. The number of anilines is 1. The Morgan fingerprint density at radius 1 is 1.50 bits per heavy atom. The Bertz CT molecular complexity index is 385. The second-order valence-corrected chi connectivity index (χ2v) is 3.86. The van der Waals surface area contributed by atoms with Crippen LogP contribution in [0.5, 0.6) is 0 Å². The lowest BCUT2D eigenvalue weighted by Crippen LogP contribution is -2.01. The van der Waals surface area contributed by atoms with Gasteiger partial charge in [0.15, 0.2) is 0 Å². The molecule has 0 saturated carbocycles. The van der Waals surface area contributed by atoms with Gasteiger partial charge in [-0.3, -0.25) is 5.10 Å². The monoisotopic (exact) mass is 208 g/mol. The van der Waals surface area contributed by atoms with Crippen molar-refractivity contribution >= 4 is 17.0 Å². The molecule has 0 aliphatic carbocycles. The van der Waals surface area contributed by atoms with E-state index in [-0.39, 0.29) is 0 Å². The fourth-order valence-electron chi connectivity index (χ4n) is 1.32. The van der Waals surface area contributed by atoms with E-state index in [1.165, 1.54) is 0 Å². The third kappa shape index (κ3) is 1.77. The summed E-state index contributed by atoms with van der Waals surface area (Å²) in [6.45, 7) is 4.74. The Morgan fingerprint density at radius 2 is 2.36 bits per heavy atom. The number of aromatic amines is 1. The molecule has 4 nitrogen and oxygen atoms in total. The predicted octanol–water partition coefficient (Wildman–Crippen LogP) is 2.10. The zero-order valence-corrected chi connectivity index (χ0v) is 8.98. The van der Waals surface area contributed by atoms with Crippen molar-refractivity contribution in [2.75, 3.05) is 5.32 Å². The van der Waals surface area contributed by atoms with Gasteiger partial charge in [0.2, 0.25) is 0 Å². The fourth-order valence-corrected chi connectivity index (χ4v) is 1.87. The quantitative estimate of drug-likeness (QED) is 0.812. The van der Waals surface area contributed by atoms with Gasteiger partial charge in [0, 0.05) is 5.38 Å². The maximum Gasteiger partial charge on any atom is 0.0825 e. The average Bonchev–Trinajstić information content (AvgIpc) is 2.76. The number of aryl methyl sites for hydroxylation is 2. The molecule has 2 aromatic heterocycles. The van der Waals surface area contributed by atoms with Crippen LogP contribution in [-0.2, 0) is 6.54 Å². The first kappa shape index (κ1) is 9.21. The molecule has 0 atom stereocenters. The van der Waals surface area contributed by atoms with Crippen LogP contribution >= 0.6 is 11.3 Å². The lowest BCUT2D eigenvalue weighted by molar-refractivity contribution is 1.02. The van der Waals surface area contributed by atoms with Crippen LogP contribution in [0, 0.1) is 13.8 Å². The lowest BCUT2D eigenvalue weighted by Gasteiger charge is -2.03. The maximum absolute atomic E-state index is 4.20. The Balaban J connectivity index is 2.05. The first-order valence-corrected chi connectivity index (χ1v) is 5.34. The zero-order valence-electron chi connectivity index (χ0n) is 8.16. The van der Waals surface area contributed by atoms with Gasteiger partial charge in [-0.05, 0) is 13.8 Å². The second kappa shape index (κ2) is 3.79. The van der Waals surface area contributed by atoms with Crippen LogP contribution < -0.4 is 5.32 Å². The molecule has 2 heterocycles. The van der Waals surface area contributed by atoms with Crippen molar-refractivity contribution in [1.29, 1.82) is 0 Å². The number of rotatable bonds is 3. The smallest absolute Gasteiger partial charge is 0.0825 e. The number of thiazole rings is 1. The molecular weight excluding hydrogens is 196 g/mol. The van der Waals surface area contributed by atoms with E-state index in [1.54, 1.807) is 11.3 Å². The van der Waals surface area contributed by atoms with E-state index in [2.05, 4.69) is 20.5 Å². The maximum atomic E-state index is 4.20. The highest BCUT2D eigenvalue weighted by Gasteiger charge is 2.05. The van der Waals surface area contributed by atoms with Gasteiger partial charge >= 0.3 is 0 Å². The number of hydrogen-bond donors (Lipinski definition) is 2. The Labute approximate surface area is 86.4 Å². The van der Waals surface area contributed by atoms with Crippen LogP contribution in [0.3, 0.4) is 0 Å². The second-order valence-electron chi connectivity index (χ2n) is 3.14. The van der Waals surface area contributed by atoms with Gasteiger partial charge in [-0.25, -0.2) is 4.98 Å². The molecule has 0 spiro atoms. The number of nitrogens with one attached hydrogen (secondary N) is 2. The molecule has 14 heavy (non-hydrogen) atoms. The van der Waals surface area contributed by atoms with E-state index in [0.29, 0.717) is 0 Å². The van der Waals surface area contributed by atoms with Crippen LogP contribution in [0.25, 0.3) is 0 Å². The first-order chi connectivity index (χ1) is 6.77. The molecular formula is C9H12N4S. The van der Waals surface area contributed by atoms with Crippen LogP contribution in [0.4, 0.5) is 5.69 Å². The highest BCUT2D eigenvalue weighted by atomic mass is 32.1. The van der Waals surface area contributed by atoms with Crippen molar-refractivity contribution < 1.29 is 0 Å². The van der Waals surface area contributed by atoms with E-state index >= 15 is 0 Å². The summed E-state index contributed by atoms with van der Waals surface area (Å²) in [5.74, 6) is 0. The summed E-state index contributed by atoms with van der Waals surface area (Å²) < 4.78 is 0. The molecule has 74 valence electrons. The fraction of sp³-hybridized carbons (Fsp3) is 0.333. The third-order valence-electron chi connectivity index (χ3n) is 2.06. The molecule has 2 N–H and O–H groups in total. The van der Waals surface area contributed by atoms with Crippen molar-refractivity contribution in [3.05, 3.63) is 28.0 Å². The minimum atomic E-state index is 0.755. The topological polar surface area (TPSA) is 53.6 Å². The van der Waals surface area contributed by atoms with E-state index in [1.807, 2.05) is 24.7 Å². The molecule has 0 unspecified atom stereocenters. The molecule has 0 aliphatic rings.